The summed E-state index contributed by atoms with van der Waals surface area (Å²) in [6.45, 7) is 2.04. The normalized spacial score (nSPS) is 11.8. The Morgan fingerprint density at radius 2 is 1.77 bits per heavy atom. The molecular formula is C17H13F3N2. The molecule has 0 aliphatic rings. The van der Waals surface area contributed by atoms with Gasteiger partial charge in [-0.1, -0.05) is 31.2 Å². The van der Waals surface area contributed by atoms with Gasteiger partial charge >= 0.3 is 6.18 Å². The van der Waals surface area contributed by atoms with E-state index in [2.05, 4.69) is 9.97 Å². The number of aryl methyl sites for hydroxylation is 1. The third-order valence-electron chi connectivity index (χ3n) is 3.54. The molecule has 0 radical (unpaired) electrons. The molecule has 0 unspecified atom stereocenters. The molecule has 5 heteroatoms. The van der Waals surface area contributed by atoms with Crippen molar-refractivity contribution < 1.29 is 13.2 Å². The van der Waals surface area contributed by atoms with Gasteiger partial charge in [-0.05, 0) is 30.2 Å². The van der Waals surface area contributed by atoms with E-state index >= 15 is 0 Å². The lowest BCUT2D eigenvalue weighted by molar-refractivity contribution is -0.137. The van der Waals surface area contributed by atoms with Crippen molar-refractivity contribution in [3.05, 3.63) is 59.8 Å². The molecule has 0 aliphatic carbocycles. The number of alkyl halides is 3. The molecular weight excluding hydrogens is 289 g/mol. The Kier molecular flexibility index (Phi) is 3.56. The molecule has 0 atom stereocenters. The minimum absolute atomic E-state index is 0.243. The third-order valence-corrected chi connectivity index (χ3v) is 3.54. The number of hydrogen-bond acceptors (Lipinski definition) is 2. The van der Waals surface area contributed by atoms with Gasteiger partial charge in [-0.3, -0.25) is 4.98 Å². The first kappa shape index (κ1) is 14.5. The van der Waals surface area contributed by atoms with E-state index < -0.39 is 11.7 Å². The fourth-order valence-corrected chi connectivity index (χ4v) is 2.40. The zero-order valence-corrected chi connectivity index (χ0v) is 11.9. The van der Waals surface area contributed by atoms with Crippen molar-refractivity contribution in [2.45, 2.75) is 19.5 Å². The van der Waals surface area contributed by atoms with Crippen molar-refractivity contribution in [3.63, 3.8) is 0 Å². The van der Waals surface area contributed by atoms with E-state index in [1.165, 1.54) is 12.3 Å². The highest BCUT2D eigenvalue weighted by Gasteiger charge is 2.30. The van der Waals surface area contributed by atoms with Gasteiger partial charge in [0, 0.05) is 5.56 Å². The Balaban J connectivity index is 2.11. The van der Waals surface area contributed by atoms with Crippen LogP contribution in [0.4, 0.5) is 13.2 Å². The van der Waals surface area contributed by atoms with Crippen LogP contribution in [0.25, 0.3) is 22.3 Å². The molecule has 1 heterocycles. The van der Waals surface area contributed by atoms with E-state index in [0.29, 0.717) is 11.2 Å². The monoisotopic (exact) mass is 302 g/mol. The van der Waals surface area contributed by atoms with E-state index in [1.54, 1.807) is 0 Å². The second kappa shape index (κ2) is 5.40. The molecule has 0 saturated carbocycles. The number of benzene rings is 2. The summed E-state index contributed by atoms with van der Waals surface area (Å²) >= 11 is 0. The lowest BCUT2D eigenvalue weighted by atomic mass is 10.0. The molecule has 112 valence electrons. The maximum absolute atomic E-state index is 12.7. The molecule has 2 aromatic carbocycles. The molecule has 0 spiro atoms. The molecule has 0 aliphatic heterocycles. The van der Waals surface area contributed by atoms with E-state index in [-0.39, 0.29) is 5.52 Å². The van der Waals surface area contributed by atoms with E-state index in [0.717, 1.165) is 29.7 Å². The van der Waals surface area contributed by atoms with Crippen molar-refractivity contribution in [1.29, 1.82) is 0 Å². The van der Waals surface area contributed by atoms with Gasteiger partial charge in [0.1, 0.15) is 0 Å². The van der Waals surface area contributed by atoms with E-state index in [4.69, 9.17) is 0 Å². The van der Waals surface area contributed by atoms with Crippen molar-refractivity contribution in [1.82, 2.24) is 9.97 Å². The van der Waals surface area contributed by atoms with Crippen LogP contribution in [-0.2, 0) is 12.6 Å². The van der Waals surface area contributed by atoms with Crippen molar-refractivity contribution in [2.24, 2.45) is 0 Å². The van der Waals surface area contributed by atoms with E-state index in [9.17, 15) is 13.2 Å². The molecule has 0 bridgehead atoms. The van der Waals surface area contributed by atoms with Crippen LogP contribution in [0.1, 0.15) is 18.1 Å². The quantitative estimate of drug-likeness (QED) is 0.674. The highest BCUT2D eigenvalue weighted by atomic mass is 19.4. The highest BCUT2D eigenvalue weighted by Crippen LogP contribution is 2.31. The predicted octanol–water partition coefficient (Wildman–Crippen LogP) is 4.88. The van der Waals surface area contributed by atoms with Gasteiger partial charge in [-0.25, -0.2) is 4.98 Å². The summed E-state index contributed by atoms with van der Waals surface area (Å²) in [5.74, 6) is 0. The lowest BCUT2D eigenvalue weighted by Gasteiger charge is -2.09. The fraction of sp³-hybridized carbons (Fsp3) is 0.176. The van der Waals surface area contributed by atoms with Crippen LogP contribution in [0.2, 0.25) is 0 Å². The first-order valence-electron chi connectivity index (χ1n) is 6.91. The number of nitrogens with zero attached hydrogens (tertiary/aromatic N) is 2. The smallest absolute Gasteiger partial charge is 0.252 e. The van der Waals surface area contributed by atoms with E-state index in [1.807, 2.05) is 31.2 Å². The Bertz CT molecular complexity index is 825. The molecule has 0 saturated heterocycles. The number of halogens is 3. The Labute approximate surface area is 125 Å². The van der Waals surface area contributed by atoms with Crippen LogP contribution in [0.3, 0.4) is 0 Å². The Morgan fingerprint density at radius 1 is 1.00 bits per heavy atom. The summed E-state index contributed by atoms with van der Waals surface area (Å²) in [6.07, 6.45) is -2.00. The largest absolute Gasteiger partial charge is 0.416 e. The third kappa shape index (κ3) is 2.66. The summed E-state index contributed by atoms with van der Waals surface area (Å²) < 4.78 is 38.1. The van der Waals surface area contributed by atoms with Gasteiger partial charge in [-0.2, -0.15) is 13.2 Å². The van der Waals surface area contributed by atoms with Gasteiger partial charge in [0.15, 0.2) is 0 Å². The zero-order valence-electron chi connectivity index (χ0n) is 11.9. The fourth-order valence-electron chi connectivity index (χ4n) is 2.40. The Hall–Kier alpha value is -2.43. The van der Waals surface area contributed by atoms with Crippen molar-refractivity contribution in [2.75, 3.05) is 0 Å². The SMILES string of the molecule is CCc1ccccc1-c1cnc2cc(C(F)(F)F)ccc2n1. The number of rotatable bonds is 2. The number of fused-ring (bicyclic) bond motifs is 1. The molecule has 3 aromatic rings. The van der Waals surface area contributed by atoms with Crippen molar-refractivity contribution in [3.8, 4) is 11.3 Å². The van der Waals surface area contributed by atoms with Crippen LogP contribution >= 0.6 is 0 Å². The van der Waals surface area contributed by atoms with Crippen LogP contribution in [0.5, 0.6) is 0 Å². The summed E-state index contributed by atoms with van der Waals surface area (Å²) in [7, 11) is 0. The molecule has 2 nitrogen and oxygen atoms in total. The highest BCUT2D eigenvalue weighted by molar-refractivity contribution is 5.78. The number of aromatic nitrogens is 2. The molecule has 0 N–H and O–H groups in total. The second-order valence-electron chi connectivity index (χ2n) is 4.97. The Morgan fingerprint density at radius 3 is 2.50 bits per heavy atom. The maximum Gasteiger partial charge on any atom is 0.416 e. The second-order valence-corrected chi connectivity index (χ2v) is 4.97. The van der Waals surface area contributed by atoms with Crippen LogP contribution < -0.4 is 0 Å². The maximum atomic E-state index is 12.7. The van der Waals surface area contributed by atoms with Crippen molar-refractivity contribution >= 4 is 11.0 Å². The summed E-state index contributed by atoms with van der Waals surface area (Å²) in [5, 5.41) is 0. The van der Waals surface area contributed by atoms with Gasteiger partial charge in [0.2, 0.25) is 0 Å². The van der Waals surface area contributed by atoms with Gasteiger partial charge in [0.25, 0.3) is 0 Å². The standard InChI is InChI=1S/C17H13F3N2/c1-2-11-5-3-4-6-13(11)16-10-21-15-9-12(17(18,19)20)7-8-14(15)22-16/h3-10H,2H2,1H3. The molecule has 22 heavy (non-hydrogen) atoms. The summed E-state index contributed by atoms with van der Waals surface area (Å²) in [6, 6.07) is 11.2. The van der Waals surface area contributed by atoms with Gasteiger partial charge in [-0.15, -0.1) is 0 Å². The first-order chi connectivity index (χ1) is 10.5. The minimum atomic E-state index is -4.37. The topological polar surface area (TPSA) is 25.8 Å². The minimum Gasteiger partial charge on any atom is -0.252 e. The lowest BCUT2D eigenvalue weighted by Crippen LogP contribution is -2.04. The van der Waals surface area contributed by atoms with Crippen LogP contribution in [0.15, 0.2) is 48.7 Å². The van der Waals surface area contributed by atoms with Gasteiger partial charge < -0.3 is 0 Å². The predicted molar refractivity (Wildman–Crippen MR) is 79.4 cm³/mol. The number of hydrogen-bond donors (Lipinski definition) is 0. The molecule has 1 aromatic heterocycles. The average Bonchev–Trinajstić information content (AvgIpc) is 2.53. The van der Waals surface area contributed by atoms with Gasteiger partial charge in [0.05, 0.1) is 28.5 Å². The zero-order chi connectivity index (χ0) is 15.7. The first-order valence-corrected chi connectivity index (χ1v) is 6.91. The van der Waals surface area contributed by atoms with Crippen LogP contribution in [0, 0.1) is 0 Å². The van der Waals surface area contributed by atoms with Crippen LogP contribution in [-0.4, -0.2) is 9.97 Å². The summed E-state index contributed by atoms with van der Waals surface area (Å²) in [4.78, 5) is 8.59. The summed E-state index contributed by atoms with van der Waals surface area (Å²) in [5.41, 5.74) is 2.74. The molecule has 3 rings (SSSR count). The molecule has 0 amide bonds. The average molecular weight is 302 g/mol. The molecule has 0 fully saturated rings.